The summed E-state index contributed by atoms with van der Waals surface area (Å²) in [6.45, 7) is 0.428. The Labute approximate surface area is 122 Å². The highest BCUT2D eigenvalue weighted by Crippen LogP contribution is 2.28. The molecule has 1 fully saturated rings. The van der Waals surface area contributed by atoms with E-state index in [-0.39, 0.29) is 25.0 Å². The van der Waals surface area contributed by atoms with Crippen LogP contribution in [0.1, 0.15) is 31.2 Å². The fourth-order valence-corrected chi connectivity index (χ4v) is 2.73. The molecule has 0 amide bonds. The maximum absolute atomic E-state index is 10.9. The highest BCUT2D eigenvalue weighted by atomic mass is 35.5. The zero-order valence-electron chi connectivity index (χ0n) is 11.1. The van der Waals surface area contributed by atoms with Gasteiger partial charge in [-0.2, -0.15) is 0 Å². The SMILES string of the molecule is O=[N+]([O-])c1ccc(Cl)cc1COC1CCC(CO)CC1. The highest BCUT2D eigenvalue weighted by Gasteiger charge is 2.22. The third-order valence-corrected chi connectivity index (χ3v) is 4.00. The average Bonchev–Trinajstić information content (AvgIpc) is 2.45. The van der Waals surface area contributed by atoms with Crippen LogP contribution in [0.5, 0.6) is 0 Å². The van der Waals surface area contributed by atoms with Gasteiger partial charge in [0.25, 0.3) is 5.69 Å². The van der Waals surface area contributed by atoms with Crippen molar-refractivity contribution >= 4 is 17.3 Å². The Kier molecular flexibility index (Phi) is 5.34. The Morgan fingerprint density at radius 1 is 1.35 bits per heavy atom. The predicted octanol–water partition coefficient (Wildman–Crippen LogP) is 3.32. The van der Waals surface area contributed by atoms with Gasteiger partial charge in [0.05, 0.1) is 23.2 Å². The first-order valence-corrected chi connectivity index (χ1v) is 7.13. The fraction of sp³-hybridized carbons (Fsp3) is 0.571. The van der Waals surface area contributed by atoms with Crippen LogP contribution in [0.3, 0.4) is 0 Å². The van der Waals surface area contributed by atoms with Crippen LogP contribution in [-0.2, 0) is 11.3 Å². The van der Waals surface area contributed by atoms with Gasteiger partial charge in [0.1, 0.15) is 0 Å². The minimum Gasteiger partial charge on any atom is -0.396 e. The number of benzene rings is 1. The van der Waals surface area contributed by atoms with Crippen LogP contribution in [0, 0.1) is 16.0 Å². The summed E-state index contributed by atoms with van der Waals surface area (Å²) in [6.07, 6.45) is 3.77. The van der Waals surface area contributed by atoms with Gasteiger partial charge in [0.15, 0.2) is 0 Å². The van der Waals surface area contributed by atoms with Crippen LogP contribution < -0.4 is 0 Å². The zero-order valence-corrected chi connectivity index (χ0v) is 11.9. The second kappa shape index (κ2) is 7.02. The first-order chi connectivity index (χ1) is 9.60. The molecule has 6 heteroatoms. The Hall–Kier alpha value is -1.17. The molecular weight excluding hydrogens is 282 g/mol. The molecule has 20 heavy (non-hydrogen) atoms. The van der Waals surface area contributed by atoms with Crippen molar-refractivity contribution in [3.8, 4) is 0 Å². The van der Waals surface area contributed by atoms with Crippen LogP contribution in [-0.4, -0.2) is 22.7 Å². The van der Waals surface area contributed by atoms with E-state index in [0.29, 0.717) is 16.5 Å². The number of nitrogens with zero attached hydrogens (tertiary/aromatic N) is 1. The molecule has 0 spiro atoms. The van der Waals surface area contributed by atoms with Gasteiger partial charge in [-0.05, 0) is 43.7 Å². The summed E-state index contributed by atoms with van der Waals surface area (Å²) in [5.74, 6) is 0.371. The van der Waals surface area contributed by atoms with Crippen molar-refractivity contribution < 1.29 is 14.8 Å². The molecule has 0 saturated heterocycles. The van der Waals surface area contributed by atoms with E-state index >= 15 is 0 Å². The molecule has 0 aliphatic heterocycles. The van der Waals surface area contributed by atoms with Crippen LogP contribution in [0.4, 0.5) is 5.69 Å². The summed E-state index contributed by atoms with van der Waals surface area (Å²) in [6, 6.07) is 4.50. The van der Waals surface area contributed by atoms with E-state index in [4.69, 9.17) is 21.4 Å². The van der Waals surface area contributed by atoms with Gasteiger partial charge in [-0.1, -0.05) is 11.6 Å². The van der Waals surface area contributed by atoms with E-state index in [1.807, 2.05) is 0 Å². The summed E-state index contributed by atoms with van der Waals surface area (Å²) in [5, 5.41) is 20.5. The third-order valence-electron chi connectivity index (χ3n) is 3.76. The second-order valence-electron chi connectivity index (χ2n) is 5.17. The molecule has 0 heterocycles. The van der Waals surface area contributed by atoms with Gasteiger partial charge in [-0.25, -0.2) is 0 Å². The summed E-state index contributed by atoms with van der Waals surface area (Å²) in [7, 11) is 0. The van der Waals surface area contributed by atoms with Crippen molar-refractivity contribution in [3.05, 3.63) is 38.9 Å². The van der Waals surface area contributed by atoms with Crippen LogP contribution >= 0.6 is 11.6 Å². The Morgan fingerprint density at radius 2 is 2.05 bits per heavy atom. The molecule has 2 rings (SSSR count). The Morgan fingerprint density at radius 3 is 2.65 bits per heavy atom. The number of halogens is 1. The monoisotopic (exact) mass is 299 g/mol. The van der Waals surface area contributed by atoms with Crippen molar-refractivity contribution in [1.82, 2.24) is 0 Å². The number of hydrogen-bond acceptors (Lipinski definition) is 4. The number of aliphatic hydroxyl groups excluding tert-OH is 1. The van der Waals surface area contributed by atoms with Gasteiger partial charge >= 0.3 is 0 Å². The maximum atomic E-state index is 10.9. The number of aliphatic hydroxyl groups is 1. The average molecular weight is 300 g/mol. The molecule has 0 atom stereocenters. The minimum atomic E-state index is -0.419. The highest BCUT2D eigenvalue weighted by molar-refractivity contribution is 6.30. The molecule has 5 nitrogen and oxygen atoms in total. The summed E-state index contributed by atoms with van der Waals surface area (Å²) < 4.78 is 5.76. The van der Waals surface area contributed by atoms with Crippen molar-refractivity contribution in [2.75, 3.05) is 6.61 Å². The van der Waals surface area contributed by atoms with Gasteiger partial charge in [0, 0.05) is 17.7 Å². The molecule has 1 saturated carbocycles. The van der Waals surface area contributed by atoms with Crippen molar-refractivity contribution in [2.24, 2.45) is 5.92 Å². The number of ether oxygens (including phenoxy) is 1. The molecule has 1 aliphatic rings. The first kappa shape index (κ1) is 15.2. The lowest BCUT2D eigenvalue weighted by atomic mass is 9.88. The number of hydrogen-bond donors (Lipinski definition) is 1. The number of nitro groups is 1. The van der Waals surface area contributed by atoms with Gasteiger partial charge in [-0.3, -0.25) is 10.1 Å². The molecule has 0 radical (unpaired) electrons. The topological polar surface area (TPSA) is 72.6 Å². The Balaban J connectivity index is 1.94. The molecule has 0 aromatic heterocycles. The molecule has 0 unspecified atom stereocenters. The van der Waals surface area contributed by atoms with E-state index in [9.17, 15) is 10.1 Å². The minimum absolute atomic E-state index is 0.0402. The second-order valence-corrected chi connectivity index (χ2v) is 5.60. The molecule has 110 valence electrons. The van der Waals surface area contributed by atoms with E-state index in [1.54, 1.807) is 6.07 Å². The van der Waals surface area contributed by atoms with E-state index in [2.05, 4.69) is 0 Å². The third kappa shape index (κ3) is 3.91. The molecule has 1 aromatic carbocycles. The van der Waals surface area contributed by atoms with E-state index in [0.717, 1.165) is 25.7 Å². The van der Waals surface area contributed by atoms with Crippen LogP contribution in [0.15, 0.2) is 18.2 Å². The smallest absolute Gasteiger partial charge is 0.275 e. The van der Waals surface area contributed by atoms with Crippen molar-refractivity contribution in [2.45, 2.75) is 38.4 Å². The van der Waals surface area contributed by atoms with E-state index in [1.165, 1.54) is 12.1 Å². The first-order valence-electron chi connectivity index (χ1n) is 6.75. The fourth-order valence-electron chi connectivity index (χ4n) is 2.54. The van der Waals surface area contributed by atoms with Crippen LogP contribution in [0.2, 0.25) is 5.02 Å². The summed E-state index contributed by atoms with van der Waals surface area (Å²) in [5.41, 5.74) is 0.547. The summed E-state index contributed by atoms with van der Waals surface area (Å²) in [4.78, 5) is 10.5. The molecule has 1 aromatic rings. The molecule has 1 N–H and O–H groups in total. The normalized spacial score (nSPS) is 22.7. The Bertz CT molecular complexity index is 472. The molecule has 0 bridgehead atoms. The lowest BCUT2D eigenvalue weighted by Crippen LogP contribution is -2.23. The van der Waals surface area contributed by atoms with E-state index < -0.39 is 4.92 Å². The maximum Gasteiger partial charge on any atom is 0.275 e. The standard InChI is InChI=1S/C14H18ClNO4/c15-12-3-6-14(16(18)19)11(7-12)9-20-13-4-1-10(8-17)2-5-13/h3,6-7,10,13,17H,1-2,4-5,8-9H2. The molecular formula is C14H18ClNO4. The number of rotatable bonds is 5. The largest absolute Gasteiger partial charge is 0.396 e. The lowest BCUT2D eigenvalue weighted by molar-refractivity contribution is -0.386. The molecule has 1 aliphatic carbocycles. The lowest BCUT2D eigenvalue weighted by Gasteiger charge is -2.27. The van der Waals surface area contributed by atoms with Crippen LogP contribution in [0.25, 0.3) is 0 Å². The van der Waals surface area contributed by atoms with Gasteiger partial charge < -0.3 is 9.84 Å². The van der Waals surface area contributed by atoms with Gasteiger partial charge in [-0.15, -0.1) is 0 Å². The van der Waals surface area contributed by atoms with Crippen molar-refractivity contribution in [1.29, 1.82) is 0 Å². The van der Waals surface area contributed by atoms with Gasteiger partial charge in [0.2, 0.25) is 0 Å². The predicted molar refractivity (Wildman–Crippen MR) is 75.7 cm³/mol. The number of nitro benzene ring substituents is 1. The van der Waals surface area contributed by atoms with Crippen molar-refractivity contribution in [3.63, 3.8) is 0 Å². The summed E-state index contributed by atoms with van der Waals surface area (Å²) >= 11 is 5.88. The zero-order chi connectivity index (χ0) is 14.5. The quantitative estimate of drug-likeness (QED) is 0.668.